The standard InChI is InChI=1S/C21H28N2O7/c1-21(2,3)17(12-7-5-4-6-8-12)29-11-13-9-23(20(28)22-18(13)27)19-16(26)15(25)14(10-24)30-19/h4-9,14-17,19,24-26H,10-11H2,1-3H3,(H,22,27,28)/t14-,15-,16-,17?,19-/m1/s1. The highest BCUT2D eigenvalue weighted by molar-refractivity contribution is 5.19. The summed E-state index contributed by atoms with van der Waals surface area (Å²) >= 11 is 0. The van der Waals surface area contributed by atoms with Crippen LogP contribution in [0.1, 0.15) is 44.2 Å². The second kappa shape index (κ2) is 8.83. The molecule has 0 spiro atoms. The Morgan fingerprint density at radius 2 is 1.83 bits per heavy atom. The maximum Gasteiger partial charge on any atom is 0.330 e. The summed E-state index contributed by atoms with van der Waals surface area (Å²) in [5.74, 6) is 0. The van der Waals surface area contributed by atoms with Crippen molar-refractivity contribution in [2.45, 2.75) is 58.0 Å². The van der Waals surface area contributed by atoms with E-state index in [4.69, 9.17) is 9.47 Å². The molecule has 0 radical (unpaired) electrons. The molecule has 2 heterocycles. The molecule has 1 aromatic heterocycles. The maximum absolute atomic E-state index is 12.3. The zero-order valence-electron chi connectivity index (χ0n) is 17.2. The first-order valence-electron chi connectivity index (χ1n) is 9.77. The van der Waals surface area contributed by atoms with Gasteiger partial charge in [0.2, 0.25) is 0 Å². The first-order valence-corrected chi connectivity index (χ1v) is 9.77. The number of aliphatic hydroxyl groups excluding tert-OH is 3. The van der Waals surface area contributed by atoms with E-state index in [-0.39, 0.29) is 23.7 Å². The second-order valence-electron chi connectivity index (χ2n) is 8.52. The van der Waals surface area contributed by atoms with Crippen LogP contribution in [0.15, 0.2) is 46.1 Å². The smallest absolute Gasteiger partial charge is 0.330 e. The van der Waals surface area contributed by atoms with Crippen LogP contribution in [0, 0.1) is 5.41 Å². The lowest BCUT2D eigenvalue weighted by molar-refractivity contribution is -0.0561. The van der Waals surface area contributed by atoms with E-state index >= 15 is 0 Å². The highest BCUT2D eigenvalue weighted by Crippen LogP contribution is 2.36. The summed E-state index contributed by atoms with van der Waals surface area (Å²) in [6, 6.07) is 9.61. The summed E-state index contributed by atoms with van der Waals surface area (Å²) in [7, 11) is 0. The maximum atomic E-state index is 12.3. The van der Waals surface area contributed by atoms with Crippen LogP contribution < -0.4 is 11.2 Å². The van der Waals surface area contributed by atoms with Crippen molar-refractivity contribution in [1.29, 1.82) is 0 Å². The van der Waals surface area contributed by atoms with Crippen molar-refractivity contribution in [3.63, 3.8) is 0 Å². The predicted molar refractivity (Wildman–Crippen MR) is 108 cm³/mol. The first-order chi connectivity index (χ1) is 14.1. The van der Waals surface area contributed by atoms with Crippen LogP contribution >= 0.6 is 0 Å². The van der Waals surface area contributed by atoms with Crippen LogP contribution in [0.2, 0.25) is 0 Å². The molecule has 0 saturated carbocycles. The number of nitrogens with zero attached hydrogens (tertiary/aromatic N) is 1. The van der Waals surface area contributed by atoms with Crippen LogP contribution in [0.4, 0.5) is 0 Å². The zero-order valence-corrected chi connectivity index (χ0v) is 17.2. The van der Waals surface area contributed by atoms with Gasteiger partial charge in [0.05, 0.1) is 24.9 Å². The minimum atomic E-state index is -1.44. The fourth-order valence-electron chi connectivity index (χ4n) is 3.58. The van der Waals surface area contributed by atoms with Gasteiger partial charge in [-0.3, -0.25) is 14.3 Å². The van der Waals surface area contributed by atoms with E-state index in [2.05, 4.69) is 4.98 Å². The van der Waals surface area contributed by atoms with Crippen molar-refractivity contribution in [2.75, 3.05) is 6.61 Å². The van der Waals surface area contributed by atoms with Crippen molar-refractivity contribution < 1.29 is 24.8 Å². The fourth-order valence-corrected chi connectivity index (χ4v) is 3.58. The molecule has 2 aromatic rings. The number of hydrogen-bond acceptors (Lipinski definition) is 7. The van der Waals surface area contributed by atoms with Gasteiger partial charge in [0.15, 0.2) is 6.23 Å². The Morgan fingerprint density at radius 3 is 2.40 bits per heavy atom. The Morgan fingerprint density at radius 1 is 1.17 bits per heavy atom. The molecular weight excluding hydrogens is 392 g/mol. The number of aliphatic hydroxyl groups is 3. The molecule has 5 atom stereocenters. The molecular formula is C21H28N2O7. The Hall–Kier alpha value is -2.30. The number of aromatic amines is 1. The van der Waals surface area contributed by atoms with Crippen molar-refractivity contribution in [3.8, 4) is 0 Å². The molecule has 30 heavy (non-hydrogen) atoms. The molecule has 1 aliphatic heterocycles. The molecule has 1 saturated heterocycles. The third kappa shape index (κ3) is 4.55. The lowest BCUT2D eigenvalue weighted by atomic mass is 9.84. The number of nitrogens with one attached hydrogen (secondary N) is 1. The van der Waals surface area contributed by atoms with E-state index in [0.29, 0.717) is 0 Å². The highest BCUT2D eigenvalue weighted by Gasteiger charge is 2.43. The number of rotatable bonds is 6. The van der Waals surface area contributed by atoms with Crippen molar-refractivity contribution >= 4 is 0 Å². The van der Waals surface area contributed by atoms with Gasteiger partial charge >= 0.3 is 5.69 Å². The molecule has 1 aromatic carbocycles. The molecule has 0 bridgehead atoms. The number of H-pyrrole nitrogens is 1. The molecule has 1 unspecified atom stereocenters. The summed E-state index contributed by atoms with van der Waals surface area (Å²) in [5, 5.41) is 29.4. The number of ether oxygens (including phenoxy) is 2. The molecule has 0 amide bonds. The summed E-state index contributed by atoms with van der Waals surface area (Å²) in [6.45, 7) is 5.47. The second-order valence-corrected chi connectivity index (χ2v) is 8.52. The molecule has 4 N–H and O–H groups in total. The lowest BCUT2D eigenvalue weighted by Crippen LogP contribution is -2.39. The van der Waals surface area contributed by atoms with Gasteiger partial charge in [0.25, 0.3) is 5.56 Å². The summed E-state index contributed by atoms with van der Waals surface area (Å²) in [4.78, 5) is 26.8. The van der Waals surface area contributed by atoms with Crippen LogP contribution in [0.25, 0.3) is 0 Å². The van der Waals surface area contributed by atoms with E-state index in [1.807, 2.05) is 51.1 Å². The molecule has 1 fully saturated rings. The van der Waals surface area contributed by atoms with E-state index in [1.54, 1.807) is 0 Å². The van der Waals surface area contributed by atoms with Crippen LogP contribution in [-0.2, 0) is 16.1 Å². The summed E-state index contributed by atoms with van der Waals surface area (Å²) < 4.78 is 12.5. The molecule has 0 aliphatic carbocycles. The van der Waals surface area contributed by atoms with Gasteiger partial charge in [-0.25, -0.2) is 4.79 Å². The van der Waals surface area contributed by atoms with Gasteiger partial charge in [-0.05, 0) is 11.0 Å². The van der Waals surface area contributed by atoms with Gasteiger partial charge in [0.1, 0.15) is 18.3 Å². The van der Waals surface area contributed by atoms with Crippen molar-refractivity contribution in [3.05, 3.63) is 68.5 Å². The van der Waals surface area contributed by atoms with Gasteiger partial charge in [-0.15, -0.1) is 0 Å². The van der Waals surface area contributed by atoms with E-state index in [0.717, 1.165) is 10.1 Å². The Labute approximate surface area is 173 Å². The van der Waals surface area contributed by atoms with Crippen LogP contribution in [-0.4, -0.2) is 49.8 Å². The zero-order chi connectivity index (χ0) is 22.1. The van der Waals surface area contributed by atoms with Crippen LogP contribution in [0.5, 0.6) is 0 Å². The quantitative estimate of drug-likeness (QED) is 0.533. The third-order valence-corrected chi connectivity index (χ3v) is 5.13. The van der Waals surface area contributed by atoms with Crippen molar-refractivity contribution in [2.24, 2.45) is 5.41 Å². The normalized spacial score (nSPS) is 25.4. The largest absolute Gasteiger partial charge is 0.394 e. The Kier molecular flexibility index (Phi) is 6.59. The Bertz CT molecular complexity index is 964. The fraction of sp³-hybridized carbons (Fsp3) is 0.524. The van der Waals surface area contributed by atoms with Gasteiger partial charge in [0, 0.05) is 6.20 Å². The van der Waals surface area contributed by atoms with Gasteiger partial charge in [-0.1, -0.05) is 51.1 Å². The van der Waals surface area contributed by atoms with E-state index in [1.165, 1.54) is 6.20 Å². The molecule has 1 aliphatic rings. The topological polar surface area (TPSA) is 134 Å². The molecule has 3 rings (SSSR count). The SMILES string of the molecule is CC(C)(C)C(OCc1cn([C@@H]2O[C@H](CO)[C@@H](O)[C@H]2O)c(=O)[nH]c1=O)c1ccccc1. The van der Waals surface area contributed by atoms with Crippen LogP contribution in [0.3, 0.4) is 0 Å². The predicted octanol–water partition coefficient (Wildman–Crippen LogP) is 0.452. The first kappa shape index (κ1) is 22.4. The Balaban J connectivity index is 1.87. The monoisotopic (exact) mass is 420 g/mol. The minimum absolute atomic E-state index is 0.0821. The average Bonchev–Trinajstić information content (AvgIpc) is 2.97. The highest BCUT2D eigenvalue weighted by atomic mass is 16.6. The number of aromatic nitrogens is 2. The number of hydrogen-bond donors (Lipinski definition) is 4. The average molecular weight is 420 g/mol. The molecule has 9 nitrogen and oxygen atoms in total. The summed E-state index contributed by atoms with van der Waals surface area (Å²) in [5.41, 5.74) is -0.542. The molecule has 9 heteroatoms. The van der Waals surface area contributed by atoms with Gasteiger partial charge < -0.3 is 24.8 Å². The third-order valence-electron chi connectivity index (χ3n) is 5.13. The number of benzene rings is 1. The minimum Gasteiger partial charge on any atom is -0.394 e. The van der Waals surface area contributed by atoms with Crippen molar-refractivity contribution in [1.82, 2.24) is 9.55 Å². The summed E-state index contributed by atoms with van der Waals surface area (Å²) in [6.07, 6.45) is -4.13. The molecule has 164 valence electrons. The van der Waals surface area contributed by atoms with E-state index < -0.39 is 42.4 Å². The van der Waals surface area contributed by atoms with Gasteiger partial charge in [-0.2, -0.15) is 0 Å². The lowest BCUT2D eigenvalue weighted by Gasteiger charge is -2.31. The van der Waals surface area contributed by atoms with E-state index in [9.17, 15) is 24.9 Å².